The monoisotopic (exact) mass is 514 g/mol. The first kappa shape index (κ1) is 26.8. The number of rotatable bonds is 9. The molecule has 0 aliphatic carbocycles. The molecule has 38 heavy (non-hydrogen) atoms. The van der Waals surface area contributed by atoms with Crippen LogP contribution in [0, 0.1) is 5.92 Å². The number of aliphatic hydroxyl groups excluding tert-OH is 1. The molecule has 1 heterocycles. The van der Waals surface area contributed by atoms with E-state index in [1.54, 1.807) is 36.4 Å². The number of carbonyl (C=O) groups excluding carboxylic acids is 2. The second-order valence-corrected chi connectivity index (χ2v) is 9.81. The molecule has 0 spiro atoms. The number of aliphatic hydroxyl groups is 1. The Kier molecular flexibility index (Phi) is 8.05. The summed E-state index contributed by atoms with van der Waals surface area (Å²) in [5, 5.41) is 11.4. The van der Waals surface area contributed by atoms with Crippen molar-refractivity contribution in [3.8, 4) is 11.5 Å². The van der Waals surface area contributed by atoms with Gasteiger partial charge in [0.05, 0.1) is 24.8 Å². The first-order valence-electron chi connectivity index (χ1n) is 12.8. The summed E-state index contributed by atoms with van der Waals surface area (Å²) in [7, 11) is 3.86. The van der Waals surface area contributed by atoms with Crippen LogP contribution in [0.1, 0.15) is 37.9 Å². The zero-order valence-corrected chi connectivity index (χ0v) is 22.5. The van der Waals surface area contributed by atoms with E-state index in [0.717, 1.165) is 5.69 Å². The van der Waals surface area contributed by atoms with Gasteiger partial charge in [-0.2, -0.15) is 0 Å². The Morgan fingerprint density at radius 1 is 0.895 bits per heavy atom. The third-order valence-corrected chi connectivity index (χ3v) is 6.31. The van der Waals surface area contributed by atoms with E-state index in [4.69, 9.17) is 9.47 Å². The Bertz CT molecular complexity index is 1310. The molecule has 0 radical (unpaired) electrons. The van der Waals surface area contributed by atoms with Crippen LogP contribution >= 0.6 is 0 Å². The molecule has 1 fully saturated rings. The normalized spacial score (nSPS) is 16.7. The fourth-order valence-corrected chi connectivity index (χ4v) is 4.37. The molecule has 3 aromatic carbocycles. The first-order valence-corrected chi connectivity index (χ1v) is 12.8. The van der Waals surface area contributed by atoms with Gasteiger partial charge in [0.1, 0.15) is 17.3 Å². The van der Waals surface area contributed by atoms with Gasteiger partial charge in [0, 0.05) is 31.0 Å². The van der Waals surface area contributed by atoms with E-state index in [2.05, 4.69) is 13.8 Å². The van der Waals surface area contributed by atoms with E-state index in [0.29, 0.717) is 47.4 Å². The van der Waals surface area contributed by atoms with Gasteiger partial charge in [-0.25, -0.2) is 0 Å². The minimum atomic E-state index is -0.812. The Morgan fingerprint density at radius 2 is 1.47 bits per heavy atom. The summed E-state index contributed by atoms with van der Waals surface area (Å²) in [5.74, 6) is 0.0587. The van der Waals surface area contributed by atoms with Crippen molar-refractivity contribution in [3.05, 3.63) is 89.5 Å². The Hall–Kier alpha value is -4.26. The Labute approximate surface area is 223 Å². The average Bonchev–Trinajstić information content (AvgIpc) is 3.18. The van der Waals surface area contributed by atoms with Crippen molar-refractivity contribution >= 4 is 28.8 Å². The van der Waals surface area contributed by atoms with Crippen molar-refractivity contribution in [1.82, 2.24) is 0 Å². The summed E-state index contributed by atoms with van der Waals surface area (Å²) < 4.78 is 11.3. The molecule has 0 saturated carbocycles. The van der Waals surface area contributed by atoms with Gasteiger partial charge >= 0.3 is 0 Å². The lowest BCUT2D eigenvalue weighted by Crippen LogP contribution is -2.29. The molecule has 1 unspecified atom stereocenters. The third-order valence-electron chi connectivity index (χ3n) is 6.31. The molecule has 1 saturated heterocycles. The second kappa shape index (κ2) is 11.4. The number of hydrogen-bond acceptors (Lipinski definition) is 6. The van der Waals surface area contributed by atoms with Crippen LogP contribution in [0.5, 0.6) is 11.5 Å². The lowest BCUT2D eigenvalue weighted by molar-refractivity contribution is -0.132. The van der Waals surface area contributed by atoms with Crippen molar-refractivity contribution in [2.24, 2.45) is 5.92 Å². The van der Waals surface area contributed by atoms with Gasteiger partial charge in [-0.05, 0) is 79.1 Å². The highest BCUT2D eigenvalue weighted by molar-refractivity contribution is 6.51. The van der Waals surface area contributed by atoms with Gasteiger partial charge in [0.2, 0.25) is 0 Å². The van der Waals surface area contributed by atoms with Crippen LogP contribution in [0.15, 0.2) is 78.4 Å². The summed E-state index contributed by atoms with van der Waals surface area (Å²) in [6.07, 6.45) is 0. The maximum atomic E-state index is 13.4. The lowest BCUT2D eigenvalue weighted by Gasteiger charge is -2.26. The van der Waals surface area contributed by atoms with Gasteiger partial charge in [0.25, 0.3) is 11.7 Å². The maximum Gasteiger partial charge on any atom is 0.300 e. The molecule has 4 rings (SSSR count). The SMILES string of the molecule is CCOc1ccc(C2/C(=C(\O)c3ccc(OCC(C)C)cc3)C(=O)C(=O)N2c2ccc(N(C)C)cc2)cc1. The molecular formula is C31H34N2O5. The number of hydrogen-bond donors (Lipinski definition) is 1. The second-order valence-electron chi connectivity index (χ2n) is 9.81. The summed E-state index contributed by atoms with van der Waals surface area (Å²) >= 11 is 0. The number of amides is 1. The smallest absolute Gasteiger partial charge is 0.300 e. The van der Waals surface area contributed by atoms with Crippen molar-refractivity contribution in [1.29, 1.82) is 0 Å². The van der Waals surface area contributed by atoms with Crippen molar-refractivity contribution < 1.29 is 24.2 Å². The molecule has 1 N–H and O–H groups in total. The van der Waals surface area contributed by atoms with Crippen LogP contribution in [0.2, 0.25) is 0 Å². The third kappa shape index (κ3) is 5.52. The molecule has 7 nitrogen and oxygen atoms in total. The minimum absolute atomic E-state index is 0.0340. The molecule has 198 valence electrons. The highest BCUT2D eigenvalue weighted by Gasteiger charge is 2.47. The van der Waals surface area contributed by atoms with Gasteiger partial charge in [0.15, 0.2) is 0 Å². The number of Topliss-reactive ketones (excluding diaryl/α,β-unsaturated/α-hetero) is 1. The average molecular weight is 515 g/mol. The van der Waals surface area contributed by atoms with Gasteiger partial charge < -0.3 is 19.5 Å². The number of ketones is 1. The molecule has 0 aromatic heterocycles. The highest BCUT2D eigenvalue weighted by atomic mass is 16.5. The van der Waals surface area contributed by atoms with Crippen LogP contribution in [0.4, 0.5) is 11.4 Å². The zero-order valence-electron chi connectivity index (χ0n) is 22.5. The summed E-state index contributed by atoms with van der Waals surface area (Å²) in [6, 6.07) is 20.7. The van der Waals surface area contributed by atoms with Crippen molar-refractivity contribution in [2.75, 3.05) is 37.1 Å². The fraction of sp³-hybridized carbons (Fsp3) is 0.290. The van der Waals surface area contributed by atoms with Crippen LogP contribution in [-0.2, 0) is 9.59 Å². The number of benzene rings is 3. The number of ether oxygens (including phenoxy) is 2. The summed E-state index contributed by atoms with van der Waals surface area (Å²) in [5.41, 5.74) is 2.67. The summed E-state index contributed by atoms with van der Waals surface area (Å²) in [6.45, 7) is 7.12. The molecular weight excluding hydrogens is 480 g/mol. The standard InChI is InChI=1S/C31H34N2O5/c1-6-37-25-15-7-21(8-16-25)28-27(29(34)22-9-17-26(18-10-22)38-19-20(2)3)30(35)31(36)33(28)24-13-11-23(12-14-24)32(4)5/h7-18,20,28,34H,6,19H2,1-5H3/b29-27+. The minimum Gasteiger partial charge on any atom is -0.507 e. The molecule has 1 aliphatic heterocycles. The predicted molar refractivity (Wildman–Crippen MR) is 150 cm³/mol. The molecule has 3 aromatic rings. The van der Waals surface area contributed by atoms with Gasteiger partial charge in [-0.15, -0.1) is 0 Å². The quantitative estimate of drug-likeness (QED) is 0.220. The van der Waals surface area contributed by atoms with Crippen LogP contribution in [-0.4, -0.2) is 44.1 Å². The molecule has 1 atom stereocenters. The van der Waals surface area contributed by atoms with E-state index in [1.807, 2.05) is 62.3 Å². The number of nitrogens with zero attached hydrogens (tertiary/aromatic N) is 2. The van der Waals surface area contributed by atoms with Crippen molar-refractivity contribution in [3.63, 3.8) is 0 Å². The predicted octanol–water partition coefficient (Wildman–Crippen LogP) is 5.81. The van der Waals surface area contributed by atoms with E-state index in [1.165, 1.54) is 4.90 Å². The zero-order chi connectivity index (χ0) is 27.4. The van der Waals surface area contributed by atoms with Crippen molar-refractivity contribution in [2.45, 2.75) is 26.8 Å². The molecule has 0 bridgehead atoms. The molecule has 7 heteroatoms. The van der Waals surface area contributed by atoms with Gasteiger partial charge in [-0.1, -0.05) is 26.0 Å². The number of carbonyl (C=O) groups is 2. The Balaban J connectivity index is 1.80. The van der Waals surface area contributed by atoms with E-state index >= 15 is 0 Å². The largest absolute Gasteiger partial charge is 0.507 e. The lowest BCUT2D eigenvalue weighted by atomic mass is 9.95. The maximum absolute atomic E-state index is 13.4. The van der Waals surface area contributed by atoms with E-state index in [9.17, 15) is 14.7 Å². The fourth-order valence-electron chi connectivity index (χ4n) is 4.37. The van der Waals surface area contributed by atoms with E-state index < -0.39 is 17.7 Å². The topological polar surface area (TPSA) is 79.3 Å². The Morgan fingerprint density at radius 3 is 2.03 bits per heavy atom. The van der Waals surface area contributed by atoms with E-state index in [-0.39, 0.29) is 11.3 Å². The first-order chi connectivity index (χ1) is 18.2. The summed E-state index contributed by atoms with van der Waals surface area (Å²) in [4.78, 5) is 30.2. The molecule has 1 amide bonds. The van der Waals surface area contributed by atoms with Crippen LogP contribution < -0.4 is 19.3 Å². The highest BCUT2D eigenvalue weighted by Crippen LogP contribution is 2.43. The number of anilines is 2. The van der Waals surface area contributed by atoms with Gasteiger partial charge in [-0.3, -0.25) is 14.5 Å². The molecule has 1 aliphatic rings. The van der Waals surface area contributed by atoms with Crippen LogP contribution in [0.3, 0.4) is 0 Å². The van der Waals surface area contributed by atoms with Crippen LogP contribution in [0.25, 0.3) is 5.76 Å².